The predicted molar refractivity (Wildman–Crippen MR) is 111 cm³/mol. The quantitative estimate of drug-likeness (QED) is 0.529. The summed E-state index contributed by atoms with van der Waals surface area (Å²) in [5.74, 6) is 1.57. The summed E-state index contributed by atoms with van der Waals surface area (Å²) in [7, 11) is 1.69. The zero-order valence-electron chi connectivity index (χ0n) is 16.6. The van der Waals surface area contributed by atoms with E-state index < -0.39 is 5.60 Å². The lowest BCUT2D eigenvalue weighted by molar-refractivity contribution is 0.200. The first-order valence-electron chi connectivity index (χ1n) is 10.3. The monoisotopic (exact) mass is 387 g/mol. The minimum absolute atomic E-state index is 0.0550. The van der Waals surface area contributed by atoms with Gasteiger partial charge in [0.25, 0.3) is 0 Å². The first kappa shape index (κ1) is 18.2. The Hall–Kier alpha value is -2.85. The van der Waals surface area contributed by atoms with Gasteiger partial charge in [-0.25, -0.2) is 0 Å². The Labute approximate surface area is 171 Å². The topological polar surface area (TPSA) is 43.9 Å². The number of hydrogen-bond donors (Lipinski definition) is 0. The summed E-state index contributed by atoms with van der Waals surface area (Å²) in [6.45, 7) is 0. The molecule has 1 aromatic heterocycles. The smallest absolute Gasteiger partial charge is 0.161 e. The van der Waals surface area contributed by atoms with Gasteiger partial charge in [0, 0.05) is 12.4 Å². The lowest BCUT2D eigenvalue weighted by Crippen LogP contribution is -2.15. The van der Waals surface area contributed by atoms with Crippen molar-refractivity contribution >= 4 is 0 Å². The molecule has 1 saturated carbocycles. The maximum Gasteiger partial charge on any atom is 0.161 e. The second-order valence-electron chi connectivity index (χ2n) is 7.77. The minimum atomic E-state index is -0.525. The molecule has 4 nitrogen and oxygen atoms in total. The highest BCUT2D eigenvalue weighted by Crippen LogP contribution is 2.61. The van der Waals surface area contributed by atoms with Crippen molar-refractivity contribution in [3.63, 3.8) is 0 Å². The summed E-state index contributed by atoms with van der Waals surface area (Å²) < 4.78 is 18.4. The van der Waals surface area contributed by atoms with Gasteiger partial charge in [-0.2, -0.15) is 0 Å². The molecule has 0 bridgehead atoms. The van der Waals surface area contributed by atoms with Crippen molar-refractivity contribution in [2.75, 3.05) is 7.11 Å². The molecule has 0 amide bonds. The van der Waals surface area contributed by atoms with Gasteiger partial charge in [0.2, 0.25) is 0 Å². The van der Waals surface area contributed by atoms with Crippen LogP contribution in [-0.4, -0.2) is 18.2 Å². The number of rotatable bonds is 6. The number of nitrogens with zero attached hydrogens (tertiary/aromatic N) is 1. The molecule has 2 heterocycles. The summed E-state index contributed by atoms with van der Waals surface area (Å²) in [5, 5.41) is 0. The van der Waals surface area contributed by atoms with Gasteiger partial charge in [-0.3, -0.25) is 4.98 Å². The Kier molecular flexibility index (Phi) is 4.72. The van der Waals surface area contributed by atoms with E-state index in [-0.39, 0.29) is 12.2 Å². The molecule has 0 unspecified atom stereocenters. The van der Waals surface area contributed by atoms with Crippen LogP contribution in [0.3, 0.4) is 0 Å². The Morgan fingerprint density at radius 1 is 0.897 bits per heavy atom. The van der Waals surface area contributed by atoms with Crippen LogP contribution in [0.4, 0.5) is 0 Å². The highest BCUT2D eigenvalue weighted by molar-refractivity contribution is 5.52. The molecule has 1 aliphatic carbocycles. The van der Waals surface area contributed by atoms with E-state index in [1.54, 1.807) is 7.11 Å². The van der Waals surface area contributed by atoms with Gasteiger partial charge in [0.1, 0.15) is 11.7 Å². The maximum atomic E-state index is 6.44. The zero-order chi connectivity index (χ0) is 19.7. The van der Waals surface area contributed by atoms with Crippen molar-refractivity contribution in [2.24, 2.45) is 0 Å². The lowest BCUT2D eigenvalue weighted by Gasteiger charge is -2.20. The van der Waals surface area contributed by atoms with Crippen LogP contribution in [0.15, 0.2) is 73.1 Å². The minimum Gasteiger partial charge on any atom is -0.493 e. The van der Waals surface area contributed by atoms with E-state index in [1.807, 2.05) is 36.7 Å². The van der Waals surface area contributed by atoms with Crippen LogP contribution >= 0.6 is 0 Å². The van der Waals surface area contributed by atoms with Crippen molar-refractivity contribution in [3.8, 4) is 11.5 Å². The van der Waals surface area contributed by atoms with Gasteiger partial charge in [0.05, 0.1) is 13.2 Å². The fourth-order valence-electron chi connectivity index (χ4n) is 4.47. The Balaban J connectivity index is 1.57. The molecule has 0 N–H and O–H groups in total. The summed E-state index contributed by atoms with van der Waals surface area (Å²) in [6.07, 6.45) is 8.51. The van der Waals surface area contributed by atoms with Crippen LogP contribution < -0.4 is 9.47 Å². The average molecular weight is 387 g/mol. The average Bonchev–Trinajstić information content (AvgIpc) is 3.35. The molecule has 3 aromatic rings. The largest absolute Gasteiger partial charge is 0.493 e. The number of hydrogen-bond acceptors (Lipinski definition) is 4. The highest BCUT2D eigenvalue weighted by atomic mass is 16.6. The third-order valence-corrected chi connectivity index (χ3v) is 6.02. The van der Waals surface area contributed by atoms with Crippen molar-refractivity contribution in [2.45, 2.75) is 43.5 Å². The molecular weight excluding hydrogens is 362 g/mol. The predicted octanol–water partition coefficient (Wildman–Crippen LogP) is 5.43. The zero-order valence-corrected chi connectivity index (χ0v) is 16.6. The number of aromatic nitrogens is 1. The van der Waals surface area contributed by atoms with Crippen molar-refractivity contribution < 1.29 is 14.2 Å². The van der Waals surface area contributed by atoms with Crippen LogP contribution in [-0.2, 0) is 10.3 Å². The van der Waals surface area contributed by atoms with E-state index in [9.17, 15) is 0 Å². The van der Waals surface area contributed by atoms with Crippen molar-refractivity contribution in [1.29, 1.82) is 0 Å². The van der Waals surface area contributed by atoms with Crippen LogP contribution in [0, 0.1) is 0 Å². The molecule has 2 aromatic carbocycles. The molecular formula is C25H25NO3. The normalized spacial score (nSPS) is 23.7. The number of ether oxygens (including phenoxy) is 3. The van der Waals surface area contributed by atoms with E-state index in [0.717, 1.165) is 41.0 Å². The van der Waals surface area contributed by atoms with Gasteiger partial charge in [0.15, 0.2) is 11.5 Å². The molecule has 1 saturated heterocycles. The first-order valence-corrected chi connectivity index (χ1v) is 10.3. The van der Waals surface area contributed by atoms with Gasteiger partial charge >= 0.3 is 0 Å². The summed E-state index contributed by atoms with van der Waals surface area (Å²) >= 11 is 0. The Bertz CT molecular complexity index is 970. The molecule has 2 atom stereocenters. The van der Waals surface area contributed by atoms with Crippen molar-refractivity contribution in [3.05, 3.63) is 89.7 Å². The molecule has 2 fully saturated rings. The summed E-state index contributed by atoms with van der Waals surface area (Å²) in [6, 6.07) is 20.6. The SMILES string of the molecule is COc1ccc([C@@]2(c3ccccc3)O[C@H]2c2ccncc2)cc1OC1CCCC1. The van der Waals surface area contributed by atoms with Crippen LogP contribution in [0.2, 0.25) is 0 Å². The molecule has 148 valence electrons. The number of methoxy groups -OCH3 is 1. The molecule has 5 rings (SSSR count). The number of epoxide rings is 1. The van der Waals surface area contributed by atoms with Gasteiger partial charge in [-0.15, -0.1) is 0 Å². The fourth-order valence-corrected chi connectivity index (χ4v) is 4.47. The second kappa shape index (κ2) is 7.53. The second-order valence-corrected chi connectivity index (χ2v) is 7.77. The standard InChI is InChI=1S/C25H25NO3/c1-27-22-12-11-20(17-23(22)28-21-9-5-6-10-21)25(19-7-3-2-4-8-19)24(29-25)18-13-15-26-16-14-18/h2-4,7-8,11-17,21,24H,5-6,9-10H2,1H3/t24-,25+/m0/s1. The van der Waals surface area contributed by atoms with Crippen LogP contribution in [0.5, 0.6) is 11.5 Å². The molecule has 4 heteroatoms. The Morgan fingerprint density at radius 2 is 1.66 bits per heavy atom. The Morgan fingerprint density at radius 3 is 2.38 bits per heavy atom. The van der Waals surface area contributed by atoms with E-state index >= 15 is 0 Å². The first-order chi connectivity index (χ1) is 14.3. The van der Waals surface area contributed by atoms with Crippen molar-refractivity contribution in [1.82, 2.24) is 4.98 Å². The maximum absolute atomic E-state index is 6.44. The lowest BCUT2D eigenvalue weighted by atomic mass is 9.85. The third-order valence-electron chi connectivity index (χ3n) is 6.02. The van der Waals surface area contributed by atoms with E-state index in [1.165, 1.54) is 12.8 Å². The molecule has 0 radical (unpaired) electrons. The molecule has 29 heavy (non-hydrogen) atoms. The fraction of sp³-hybridized carbons (Fsp3) is 0.320. The third kappa shape index (κ3) is 3.28. The van der Waals surface area contributed by atoms with Gasteiger partial charge in [-0.1, -0.05) is 36.4 Å². The highest BCUT2D eigenvalue weighted by Gasteiger charge is 2.60. The number of pyridine rings is 1. The van der Waals surface area contributed by atoms with Gasteiger partial charge < -0.3 is 14.2 Å². The molecule has 2 aliphatic rings. The summed E-state index contributed by atoms with van der Waals surface area (Å²) in [4.78, 5) is 4.15. The van der Waals surface area contributed by atoms with E-state index in [0.29, 0.717) is 0 Å². The number of benzene rings is 2. The van der Waals surface area contributed by atoms with Crippen LogP contribution in [0.25, 0.3) is 0 Å². The van der Waals surface area contributed by atoms with E-state index in [2.05, 4.69) is 41.4 Å². The molecule has 0 spiro atoms. The van der Waals surface area contributed by atoms with E-state index in [4.69, 9.17) is 14.2 Å². The van der Waals surface area contributed by atoms with Crippen LogP contribution in [0.1, 0.15) is 48.5 Å². The van der Waals surface area contributed by atoms with Gasteiger partial charge in [-0.05, 0) is 66.6 Å². The summed E-state index contributed by atoms with van der Waals surface area (Å²) in [5.41, 5.74) is 2.82. The molecule has 1 aliphatic heterocycles.